The Balaban J connectivity index is 3.46. The fourth-order valence-corrected chi connectivity index (χ4v) is 0.576. The predicted molar refractivity (Wildman–Crippen MR) is 42.0 cm³/mol. The summed E-state index contributed by atoms with van der Waals surface area (Å²) < 4.78 is 5.41. The van der Waals surface area contributed by atoms with Gasteiger partial charge in [-0.15, -0.1) is 0 Å². The van der Waals surface area contributed by atoms with Crippen LogP contribution in [0, 0.1) is 0 Å². The topological polar surface area (TPSA) is 29.5 Å². The maximum Gasteiger partial charge on any atom is 0.0806 e. The smallest absolute Gasteiger partial charge is 0.0806 e. The molecule has 3 atom stereocenters. The number of hydrogen-bond acceptors (Lipinski definition) is 2. The number of hydrogen-bond donors (Lipinski definition) is 1. The zero-order valence-electron chi connectivity index (χ0n) is 7.29. The van der Waals surface area contributed by atoms with Crippen molar-refractivity contribution in [2.75, 3.05) is 0 Å². The van der Waals surface area contributed by atoms with Crippen molar-refractivity contribution in [3.05, 3.63) is 0 Å². The van der Waals surface area contributed by atoms with Crippen LogP contribution in [0.1, 0.15) is 34.1 Å². The van der Waals surface area contributed by atoms with Crippen molar-refractivity contribution >= 4 is 0 Å². The molecule has 0 saturated carbocycles. The van der Waals surface area contributed by atoms with Gasteiger partial charge in [0, 0.05) is 0 Å². The number of aliphatic hydroxyl groups excluding tert-OH is 1. The molecule has 0 rings (SSSR count). The third kappa shape index (κ3) is 3.85. The number of rotatable bonds is 4. The molecule has 0 aromatic heterocycles. The summed E-state index contributed by atoms with van der Waals surface area (Å²) >= 11 is 0. The highest BCUT2D eigenvalue weighted by Gasteiger charge is 2.11. The molecule has 0 aliphatic carbocycles. The fraction of sp³-hybridized carbons (Fsp3) is 1.00. The van der Waals surface area contributed by atoms with Gasteiger partial charge in [0.05, 0.1) is 18.3 Å². The van der Waals surface area contributed by atoms with Gasteiger partial charge in [0.1, 0.15) is 0 Å². The molecule has 0 heterocycles. The monoisotopic (exact) mass is 146 g/mol. The molecular formula is C8H18O2. The number of aliphatic hydroxyl groups is 1. The first kappa shape index (κ1) is 9.92. The molecule has 0 fully saturated rings. The molecule has 0 aliphatic heterocycles. The maximum atomic E-state index is 9.04. The molecule has 3 unspecified atom stereocenters. The lowest BCUT2D eigenvalue weighted by molar-refractivity contribution is -0.0551. The minimum atomic E-state index is -0.367. The van der Waals surface area contributed by atoms with E-state index in [9.17, 15) is 0 Å². The van der Waals surface area contributed by atoms with Crippen molar-refractivity contribution in [2.45, 2.75) is 52.4 Å². The Morgan fingerprint density at radius 3 is 2.10 bits per heavy atom. The first-order chi connectivity index (χ1) is 4.57. The van der Waals surface area contributed by atoms with E-state index in [1.54, 1.807) is 6.92 Å². The van der Waals surface area contributed by atoms with Gasteiger partial charge in [0.2, 0.25) is 0 Å². The van der Waals surface area contributed by atoms with Crippen LogP contribution in [0.5, 0.6) is 0 Å². The molecule has 1 N–H and O–H groups in total. The molecule has 0 bridgehead atoms. The van der Waals surface area contributed by atoms with E-state index in [2.05, 4.69) is 6.92 Å². The summed E-state index contributed by atoms with van der Waals surface area (Å²) in [5.74, 6) is 0. The van der Waals surface area contributed by atoms with Gasteiger partial charge in [-0.2, -0.15) is 0 Å². The highest BCUT2D eigenvalue weighted by Crippen LogP contribution is 2.04. The van der Waals surface area contributed by atoms with Gasteiger partial charge >= 0.3 is 0 Å². The van der Waals surface area contributed by atoms with Gasteiger partial charge in [-0.05, 0) is 27.2 Å². The molecule has 0 aromatic rings. The van der Waals surface area contributed by atoms with Crippen LogP contribution in [0.3, 0.4) is 0 Å². The van der Waals surface area contributed by atoms with Crippen molar-refractivity contribution in [1.82, 2.24) is 0 Å². The van der Waals surface area contributed by atoms with Crippen molar-refractivity contribution < 1.29 is 9.84 Å². The SMILES string of the molecule is CCC(C)OC(C)C(C)O. The van der Waals surface area contributed by atoms with Gasteiger partial charge in [-0.3, -0.25) is 0 Å². The Morgan fingerprint density at radius 2 is 1.80 bits per heavy atom. The van der Waals surface area contributed by atoms with Gasteiger partial charge in [-0.1, -0.05) is 6.92 Å². The summed E-state index contributed by atoms with van der Waals surface area (Å²) in [6.45, 7) is 7.71. The lowest BCUT2D eigenvalue weighted by Gasteiger charge is -2.19. The van der Waals surface area contributed by atoms with E-state index in [1.165, 1.54) is 0 Å². The Kier molecular flexibility index (Phi) is 4.65. The zero-order valence-corrected chi connectivity index (χ0v) is 7.29. The van der Waals surface area contributed by atoms with E-state index >= 15 is 0 Å². The standard InChI is InChI=1S/C8H18O2/c1-5-6(2)10-8(4)7(3)9/h6-9H,5H2,1-4H3. The summed E-state index contributed by atoms with van der Waals surface area (Å²) in [6.07, 6.45) is 0.838. The fourth-order valence-electron chi connectivity index (χ4n) is 0.576. The van der Waals surface area contributed by atoms with Crippen LogP contribution in [-0.2, 0) is 4.74 Å². The lowest BCUT2D eigenvalue weighted by Crippen LogP contribution is -2.26. The molecule has 0 aliphatic rings. The summed E-state index contributed by atoms with van der Waals surface area (Å²) in [4.78, 5) is 0. The molecule has 0 aromatic carbocycles. The average molecular weight is 146 g/mol. The van der Waals surface area contributed by atoms with Crippen molar-refractivity contribution in [1.29, 1.82) is 0 Å². The highest BCUT2D eigenvalue weighted by atomic mass is 16.5. The Labute approximate surface area is 63.2 Å². The first-order valence-electron chi connectivity index (χ1n) is 3.91. The third-order valence-corrected chi connectivity index (χ3v) is 1.70. The molecule has 0 saturated heterocycles. The second kappa shape index (κ2) is 4.69. The van der Waals surface area contributed by atoms with E-state index in [4.69, 9.17) is 9.84 Å². The van der Waals surface area contributed by atoms with E-state index in [0.717, 1.165) is 6.42 Å². The molecule has 2 heteroatoms. The minimum absolute atomic E-state index is 0.0463. The summed E-state index contributed by atoms with van der Waals surface area (Å²) in [5, 5.41) is 9.04. The molecule has 2 nitrogen and oxygen atoms in total. The Hall–Kier alpha value is -0.0800. The van der Waals surface area contributed by atoms with Gasteiger partial charge in [0.15, 0.2) is 0 Å². The van der Waals surface area contributed by atoms with Crippen LogP contribution in [0.15, 0.2) is 0 Å². The molecule has 0 spiro atoms. The minimum Gasteiger partial charge on any atom is -0.391 e. The van der Waals surface area contributed by atoms with Crippen LogP contribution in [0.25, 0.3) is 0 Å². The van der Waals surface area contributed by atoms with Gasteiger partial charge in [0.25, 0.3) is 0 Å². The number of ether oxygens (including phenoxy) is 1. The molecule has 62 valence electrons. The zero-order chi connectivity index (χ0) is 8.15. The summed E-state index contributed by atoms with van der Waals surface area (Å²) in [5.41, 5.74) is 0. The molecule has 0 radical (unpaired) electrons. The Morgan fingerprint density at radius 1 is 1.30 bits per heavy atom. The van der Waals surface area contributed by atoms with E-state index in [-0.39, 0.29) is 18.3 Å². The molecule has 10 heavy (non-hydrogen) atoms. The normalized spacial score (nSPS) is 20.1. The van der Waals surface area contributed by atoms with Crippen molar-refractivity contribution in [3.8, 4) is 0 Å². The quantitative estimate of drug-likeness (QED) is 0.652. The van der Waals surface area contributed by atoms with E-state index < -0.39 is 0 Å². The van der Waals surface area contributed by atoms with E-state index in [0.29, 0.717) is 0 Å². The Bertz CT molecular complexity index is 81.3. The van der Waals surface area contributed by atoms with Crippen molar-refractivity contribution in [2.24, 2.45) is 0 Å². The molecular weight excluding hydrogens is 128 g/mol. The highest BCUT2D eigenvalue weighted by molar-refractivity contribution is 4.59. The van der Waals surface area contributed by atoms with Crippen molar-refractivity contribution in [3.63, 3.8) is 0 Å². The van der Waals surface area contributed by atoms with Crippen LogP contribution in [-0.4, -0.2) is 23.4 Å². The van der Waals surface area contributed by atoms with E-state index in [1.807, 2.05) is 13.8 Å². The van der Waals surface area contributed by atoms with Crippen LogP contribution < -0.4 is 0 Å². The average Bonchev–Trinajstić information content (AvgIpc) is 1.87. The molecule has 0 amide bonds. The largest absolute Gasteiger partial charge is 0.391 e. The van der Waals surface area contributed by atoms with Crippen LogP contribution >= 0.6 is 0 Å². The van der Waals surface area contributed by atoms with Crippen LogP contribution in [0.2, 0.25) is 0 Å². The summed E-state index contributed by atoms with van der Waals surface area (Å²) in [6, 6.07) is 0. The lowest BCUT2D eigenvalue weighted by atomic mass is 10.2. The van der Waals surface area contributed by atoms with Gasteiger partial charge in [-0.25, -0.2) is 0 Å². The second-order valence-corrected chi connectivity index (χ2v) is 2.80. The van der Waals surface area contributed by atoms with Crippen LogP contribution in [0.4, 0.5) is 0 Å². The first-order valence-corrected chi connectivity index (χ1v) is 3.91. The predicted octanol–water partition coefficient (Wildman–Crippen LogP) is 1.57. The maximum absolute atomic E-state index is 9.04. The van der Waals surface area contributed by atoms with Gasteiger partial charge < -0.3 is 9.84 Å². The third-order valence-electron chi connectivity index (χ3n) is 1.70. The summed E-state index contributed by atoms with van der Waals surface area (Å²) in [7, 11) is 0. The second-order valence-electron chi connectivity index (χ2n) is 2.80.